The van der Waals surface area contributed by atoms with Gasteiger partial charge >= 0.3 is 5.97 Å². The molecule has 0 aliphatic heterocycles. The molecule has 1 heterocycles. The summed E-state index contributed by atoms with van der Waals surface area (Å²) in [5.41, 5.74) is 2.10. The van der Waals surface area contributed by atoms with Crippen LogP contribution in [0.25, 0.3) is 0 Å². The van der Waals surface area contributed by atoms with Crippen LogP contribution < -0.4 is 24.8 Å². The van der Waals surface area contributed by atoms with E-state index in [0.717, 1.165) is 17.6 Å². The van der Waals surface area contributed by atoms with E-state index < -0.39 is 29.6 Å². The molecular formula is C24H27FN5O7S-. The minimum absolute atomic E-state index is 0.0605. The van der Waals surface area contributed by atoms with Crippen molar-refractivity contribution in [3.63, 3.8) is 0 Å². The molecule has 0 radical (unpaired) electrons. The van der Waals surface area contributed by atoms with Crippen LogP contribution in [-0.2, 0) is 27.3 Å². The number of carbonyl (C=O) groups excluding carboxylic acids is 1. The molecule has 1 atom stereocenters. The van der Waals surface area contributed by atoms with E-state index >= 15 is 0 Å². The van der Waals surface area contributed by atoms with Crippen LogP contribution >= 0.6 is 0 Å². The predicted molar refractivity (Wildman–Crippen MR) is 137 cm³/mol. The normalized spacial score (nSPS) is 11.6. The summed E-state index contributed by atoms with van der Waals surface area (Å²) in [6.07, 6.45) is 0.987. The number of benzene rings is 2. The first-order chi connectivity index (χ1) is 18.2. The summed E-state index contributed by atoms with van der Waals surface area (Å²) in [6.45, 7) is 1.12. The number of aromatic nitrogens is 2. The maximum absolute atomic E-state index is 14.7. The number of hydrogen-bond donors (Lipinski definition) is 2. The van der Waals surface area contributed by atoms with E-state index in [1.807, 2.05) is 0 Å². The van der Waals surface area contributed by atoms with Gasteiger partial charge in [-0.05, 0) is 24.1 Å². The largest absolute Gasteiger partial charge is 0.760 e. The highest BCUT2D eigenvalue weighted by Gasteiger charge is 2.18. The topological polar surface area (TPSA) is 147 Å². The lowest BCUT2D eigenvalue weighted by molar-refractivity contribution is -0.140. The van der Waals surface area contributed by atoms with Gasteiger partial charge in [0.2, 0.25) is 11.7 Å². The second-order valence-corrected chi connectivity index (χ2v) is 8.70. The van der Waals surface area contributed by atoms with Crippen molar-refractivity contribution in [2.75, 3.05) is 45.6 Å². The second-order valence-electron chi connectivity index (χ2n) is 7.75. The summed E-state index contributed by atoms with van der Waals surface area (Å²) in [4.78, 5) is 19.9. The van der Waals surface area contributed by atoms with Crippen molar-refractivity contribution in [1.29, 1.82) is 0 Å². The number of anilines is 4. The minimum atomic E-state index is -2.71. The van der Waals surface area contributed by atoms with E-state index in [-0.39, 0.29) is 18.3 Å². The third-order valence-corrected chi connectivity index (χ3v) is 6.09. The van der Waals surface area contributed by atoms with Crippen molar-refractivity contribution in [3.8, 4) is 17.2 Å². The number of nitrogens with one attached hydrogen (secondary N) is 2. The standard InChI is InChI=1S/C24H28FN5O7S/c1-14-7-6-8-18(16(14)12-30(38(32)33)13-21(31)36-4)28-23-17(25)11-26-24(29-23)27-15-9-19(34-2)22(37-5)20(10-15)35-3/h6-11H,12-13H2,1-5H3,(H,32,33)(H2,26,27,28,29)/p-1. The monoisotopic (exact) mass is 548 g/mol. The minimum Gasteiger partial charge on any atom is -0.760 e. The van der Waals surface area contributed by atoms with Crippen LogP contribution in [0.1, 0.15) is 11.1 Å². The van der Waals surface area contributed by atoms with Crippen molar-refractivity contribution in [1.82, 2.24) is 14.3 Å². The van der Waals surface area contributed by atoms with Gasteiger partial charge in [0.15, 0.2) is 23.1 Å². The Morgan fingerprint density at radius 1 is 1.11 bits per heavy atom. The van der Waals surface area contributed by atoms with Crippen molar-refractivity contribution < 1.29 is 36.9 Å². The van der Waals surface area contributed by atoms with Crippen molar-refractivity contribution in [3.05, 3.63) is 53.5 Å². The van der Waals surface area contributed by atoms with Crippen LogP contribution in [0.2, 0.25) is 0 Å². The number of aryl methyl sites for hydroxylation is 1. The molecule has 0 saturated heterocycles. The lowest BCUT2D eigenvalue weighted by Crippen LogP contribution is -2.32. The number of ether oxygens (including phenoxy) is 4. The summed E-state index contributed by atoms with van der Waals surface area (Å²) in [7, 11) is 5.60. The van der Waals surface area contributed by atoms with Gasteiger partial charge in [-0.3, -0.25) is 9.00 Å². The lowest BCUT2D eigenvalue weighted by atomic mass is 10.1. The van der Waals surface area contributed by atoms with Gasteiger partial charge in [0, 0.05) is 41.3 Å². The fraction of sp³-hybridized carbons (Fsp3) is 0.292. The van der Waals surface area contributed by atoms with E-state index in [0.29, 0.717) is 39.8 Å². The van der Waals surface area contributed by atoms with Crippen LogP contribution in [0.4, 0.5) is 27.5 Å². The van der Waals surface area contributed by atoms with Crippen LogP contribution in [0, 0.1) is 12.7 Å². The highest BCUT2D eigenvalue weighted by Crippen LogP contribution is 2.40. The zero-order chi connectivity index (χ0) is 27.8. The summed E-state index contributed by atoms with van der Waals surface area (Å²) in [5.74, 6) is -0.378. The third kappa shape index (κ3) is 6.85. The fourth-order valence-corrected chi connectivity index (χ4v) is 3.95. The number of methoxy groups -OCH3 is 4. The quantitative estimate of drug-likeness (QED) is 0.254. The van der Waals surface area contributed by atoms with Gasteiger partial charge in [0.05, 0.1) is 34.6 Å². The van der Waals surface area contributed by atoms with Gasteiger partial charge in [0.25, 0.3) is 0 Å². The molecule has 2 aromatic carbocycles. The zero-order valence-corrected chi connectivity index (χ0v) is 22.2. The molecular weight excluding hydrogens is 521 g/mol. The molecule has 0 fully saturated rings. The number of rotatable bonds is 12. The highest BCUT2D eigenvalue weighted by molar-refractivity contribution is 7.76. The molecule has 14 heteroatoms. The van der Waals surface area contributed by atoms with Gasteiger partial charge in [-0.25, -0.2) is 13.7 Å². The Morgan fingerprint density at radius 2 is 1.79 bits per heavy atom. The molecule has 3 aromatic rings. The SMILES string of the molecule is COC(=O)CN(Cc1c(C)cccc1Nc1nc(Nc2cc(OC)c(OC)c(OC)c2)ncc1F)S(=O)[O-]. The lowest BCUT2D eigenvalue weighted by Gasteiger charge is -2.25. The Morgan fingerprint density at radius 3 is 2.37 bits per heavy atom. The molecule has 0 bridgehead atoms. The molecule has 204 valence electrons. The average molecular weight is 549 g/mol. The Kier molecular flexibility index (Phi) is 9.76. The molecule has 0 aliphatic carbocycles. The zero-order valence-electron chi connectivity index (χ0n) is 21.4. The number of halogens is 1. The number of carbonyl (C=O) groups is 1. The molecule has 1 unspecified atom stereocenters. The van der Waals surface area contributed by atoms with Crippen LogP contribution in [0.15, 0.2) is 36.5 Å². The Labute approximate surface area is 221 Å². The fourth-order valence-electron chi connectivity index (χ4n) is 3.50. The molecule has 0 aliphatic rings. The Hall–Kier alpha value is -4.01. The average Bonchev–Trinajstić information content (AvgIpc) is 2.90. The van der Waals surface area contributed by atoms with E-state index in [4.69, 9.17) is 14.2 Å². The third-order valence-electron chi connectivity index (χ3n) is 5.41. The Bertz CT molecular complexity index is 1300. The maximum Gasteiger partial charge on any atom is 0.320 e. The molecule has 3 rings (SSSR count). The van der Waals surface area contributed by atoms with Gasteiger partial charge in [-0.15, -0.1) is 0 Å². The molecule has 1 aromatic heterocycles. The van der Waals surface area contributed by atoms with Gasteiger partial charge in [-0.2, -0.15) is 4.98 Å². The van der Waals surface area contributed by atoms with Gasteiger partial charge < -0.3 is 34.1 Å². The molecule has 0 amide bonds. The summed E-state index contributed by atoms with van der Waals surface area (Å²) in [5, 5.41) is 5.88. The maximum atomic E-state index is 14.7. The van der Waals surface area contributed by atoms with E-state index in [1.165, 1.54) is 21.3 Å². The van der Waals surface area contributed by atoms with Crippen LogP contribution in [0.5, 0.6) is 17.2 Å². The van der Waals surface area contributed by atoms with E-state index in [2.05, 4.69) is 25.3 Å². The predicted octanol–water partition coefficient (Wildman–Crippen LogP) is 3.21. The van der Waals surface area contributed by atoms with Crippen LogP contribution in [0.3, 0.4) is 0 Å². The molecule has 2 N–H and O–H groups in total. The molecule has 0 saturated carbocycles. The molecule has 12 nitrogen and oxygen atoms in total. The van der Waals surface area contributed by atoms with Gasteiger partial charge in [0.1, 0.15) is 6.54 Å². The second kappa shape index (κ2) is 13.0. The number of hydrogen-bond acceptors (Lipinski definition) is 11. The van der Waals surface area contributed by atoms with Crippen molar-refractivity contribution in [2.45, 2.75) is 13.5 Å². The summed E-state index contributed by atoms with van der Waals surface area (Å²) >= 11 is -2.71. The Balaban J connectivity index is 1.91. The number of esters is 1. The summed E-state index contributed by atoms with van der Waals surface area (Å²) in [6, 6.07) is 8.39. The van der Waals surface area contributed by atoms with E-state index in [9.17, 15) is 17.9 Å². The molecule has 38 heavy (non-hydrogen) atoms. The van der Waals surface area contributed by atoms with Gasteiger partial charge in [-0.1, -0.05) is 12.1 Å². The number of nitrogens with zero attached hydrogens (tertiary/aromatic N) is 3. The first kappa shape index (κ1) is 28.6. The first-order valence-electron chi connectivity index (χ1n) is 11.1. The summed E-state index contributed by atoms with van der Waals surface area (Å²) < 4.78 is 59.7. The van der Waals surface area contributed by atoms with Crippen molar-refractivity contribution >= 4 is 40.4 Å². The van der Waals surface area contributed by atoms with Crippen molar-refractivity contribution in [2.24, 2.45) is 0 Å². The van der Waals surface area contributed by atoms with E-state index in [1.54, 1.807) is 37.3 Å². The molecule has 0 spiro atoms. The highest BCUT2D eigenvalue weighted by atomic mass is 32.2. The van der Waals surface area contributed by atoms with Crippen LogP contribution in [-0.4, -0.2) is 64.0 Å². The smallest absolute Gasteiger partial charge is 0.320 e. The first-order valence-corrected chi connectivity index (χ1v) is 12.1.